The summed E-state index contributed by atoms with van der Waals surface area (Å²) in [5.74, 6) is 0.00478. The average molecular weight is 720 g/mol. The van der Waals surface area contributed by atoms with Gasteiger partial charge in [-0.15, -0.1) is 0 Å². The molecule has 3 atom stereocenters. The molecule has 14 nitrogen and oxygen atoms in total. The van der Waals surface area contributed by atoms with Crippen molar-refractivity contribution in [2.24, 2.45) is 0 Å². The van der Waals surface area contributed by atoms with Gasteiger partial charge in [0.05, 0.1) is 26.6 Å². The van der Waals surface area contributed by atoms with E-state index in [2.05, 4.69) is 25.5 Å². The molecule has 0 aromatic heterocycles. The van der Waals surface area contributed by atoms with Crippen molar-refractivity contribution < 1.29 is 38.7 Å². The fraction of sp³-hybridized carbons (Fsp3) is 0.579. The van der Waals surface area contributed by atoms with Gasteiger partial charge in [0.15, 0.2) is 5.66 Å². The number of nitrogens with zero attached hydrogens (tertiary/aromatic N) is 5. The predicted octanol–water partition coefficient (Wildman–Crippen LogP) is 1.97. The topological polar surface area (TPSA) is 158 Å². The number of carbonyl (C=O) groups excluding carboxylic acids is 4. The lowest BCUT2D eigenvalue weighted by atomic mass is 9.82. The molecular weight excluding hydrogens is 666 g/mol. The molecule has 6 rings (SSSR count). The van der Waals surface area contributed by atoms with E-state index >= 15 is 0 Å². The molecule has 0 spiro atoms. The van der Waals surface area contributed by atoms with Crippen molar-refractivity contribution in [3.63, 3.8) is 0 Å². The van der Waals surface area contributed by atoms with Crippen LogP contribution in [0.3, 0.4) is 0 Å². The summed E-state index contributed by atoms with van der Waals surface area (Å²) in [6, 6.07) is 11.2. The number of aldehydes is 1. The first kappa shape index (κ1) is 37.7. The third-order valence-electron chi connectivity index (χ3n) is 12.1. The van der Waals surface area contributed by atoms with Gasteiger partial charge < -0.3 is 30.0 Å². The number of phenolic OH excluding ortho intramolecular Hbond substituents is 1. The van der Waals surface area contributed by atoms with E-state index in [0.29, 0.717) is 69.2 Å². The van der Waals surface area contributed by atoms with Crippen LogP contribution in [0.4, 0.5) is 15.3 Å². The minimum atomic E-state index is -1.25. The minimum absolute atomic E-state index is 0.0366. The van der Waals surface area contributed by atoms with Crippen LogP contribution in [0.15, 0.2) is 36.4 Å². The van der Waals surface area contributed by atoms with Crippen molar-refractivity contribution in [3.05, 3.63) is 58.7 Å². The van der Waals surface area contributed by atoms with Crippen molar-refractivity contribution in [1.29, 1.82) is 0 Å². The molecule has 2 aromatic rings. The second-order valence-electron chi connectivity index (χ2n) is 15.0. The largest absolute Gasteiger partial charge is 0.507 e. The van der Waals surface area contributed by atoms with Gasteiger partial charge in [-0.25, -0.2) is 15.2 Å². The Morgan fingerprint density at radius 3 is 2.38 bits per heavy atom. The number of likely N-dealkylation sites (tertiary alicyclic amines) is 2. The Morgan fingerprint density at radius 1 is 1.04 bits per heavy atom. The first-order valence-corrected chi connectivity index (χ1v) is 18.5. The Hall–Kier alpha value is -4.08. The number of piperidine rings is 2. The van der Waals surface area contributed by atoms with E-state index in [0.717, 1.165) is 49.0 Å². The normalized spacial score (nSPS) is 26.6. The van der Waals surface area contributed by atoms with Crippen molar-refractivity contribution in [2.75, 3.05) is 71.3 Å². The fourth-order valence-electron chi connectivity index (χ4n) is 9.45. The molecule has 4 amide bonds. The molecule has 2 unspecified atom stereocenters. The number of anilines is 1. The summed E-state index contributed by atoms with van der Waals surface area (Å²) in [5.41, 5.74) is 5.08. The number of hydrogen-bond donors (Lipinski definition) is 3. The lowest BCUT2D eigenvalue weighted by molar-refractivity contribution is -0.956. The zero-order valence-electron chi connectivity index (χ0n) is 30.6. The van der Waals surface area contributed by atoms with E-state index in [9.17, 15) is 29.4 Å². The molecule has 4 aliphatic heterocycles. The quantitative estimate of drug-likeness (QED) is 0.189. The van der Waals surface area contributed by atoms with Gasteiger partial charge in [0.2, 0.25) is 0 Å². The molecule has 282 valence electrons. The second-order valence-corrected chi connectivity index (χ2v) is 15.0. The number of amides is 4. The molecule has 3 saturated heterocycles. The molecule has 14 heteroatoms. The highest BCUT2D eigenvalue weighted by atomic mass is 16.6. The Bertz CT molecular complexity index is 1620. The van der Waals surface area contributed by atoms with Crippen molar-refractivity contribution >= 4 is 30.0 Å². The number of urea groups is 1. The van der Waals surface area contributed by atoms with E-state index in [4.69, 9.17) is 4.84 Å². The molecule has 2 aromatic carbocycles. The number of aromatic hydroxyl groups is 1. The molecule has 0 saturated carbocycles. The van der Waals surface area contributed by atoms with Crippen LogP contribution in [0, 0.1) is 13.8 Å². The molecule has 3 fully saturated rings. The summed E-state index contributed by atoms with van der Waals surface area (Å²) in [5, 5.41) is 27.4. The summed E-state index contributed by atoms with van der Waals surface area (Å²) in [6.45, 7) is 8.69. The summed E-state index contributed by atoms with van der Waals surface area (Å²) in [4.78, 5) is 65.8. The molecule has 4 heterocycles. The second kappa shape index (κ2) is 15.9. The Labute approximate surface area is 305 Å². The number of aryl methyl sites for hydroxylation is 2. The standard InChI is InChI=1S/C38H53N7O7/c1-27-22-29(23-28(2)35(27)48)26-45(37(50)51)20-11-32(44-15-8-30-6-4-5-7-33(30)39-36(44)49)24-38(45,12-21-46)43-18-16-42(17-19-43)31-9-13-41(14-10-31)25-34(47)40-52-3/h4-7,21-23,31-32H,8-20,24-26H2,1-3H3,(H3-,39,40,47,48,49,50,51)/t32?,38?,45-/m0/s1. The Morgan fingerprint density at radius 2 is 1.73 bits per heavy atom. The molecule has 0 radical (unpaired) electrons. The molecule has 0 bridgehead atoms. The van der Waals surface area contributed by atoms with Gasteiger partial charge in [0.25, 0.3) is 12.0 Å². The van der Waals surface area contributed by atoms with Crippen LogP contribution in [-0.4, -0.2) is 137 Å². The number of quaternary nitrogens is 1. The van der Waals surface area contributed by atoms with Crippen LogP contribution >= 0.6 is 0 Å². The highest BCUT2D eigenvalue weighted by Gasteiger charge is 2.61. The minimum Gasteiger partial charge on any atom is -0.507 e. The smallest absolute Gasteiger partial charge is 0.322 e. The van der Waals surface area contributed by atoms with Gasteiger partial charge in [0.1, 0.15) is 18.6 Å². The highest BCUT2D eigenvalue weighted by molar-refractivity contribution is 5.91. The van der Waals surface area contributed by atoms with Crippen LogP contribution in [0.2, 0.25) is 0 Å². The predicted molar refractivity (Wildman–Crippen MR) is 192 cm³/mol. The van der Waals surface area contributed by atoms with Gasteiger partial charge in [0, 0.05) is 82.0 Å². The molecule has 4 aliphatic rings. The van der Waals surface area contributed by atoms with E-state index < -0.39 is 16.2 Å². The molecule has 52 heavy (non-hydrogen) atoms. The Kier molecular flexibility index (Phi) is 11.5. The van der Waals surface area contributed by atoms with Crippen molar-refractivity contribution in [2.45, 2.75) is 76.7 Å². The zero-order chi connectivity index (χ0) is 37.0. The van der Waals surface area contributed by atoms with Crippen molar-refractivity contribution in [3.8, 4) is 5.75 Å². The number of piperazine rings is 1. The van der Waals surface area contributed by atoms with Gasteiger partial charge in [-0.1, -0.05) is 18.2 Å². The number of benzene rings is 2. The van der Waals surface area contributed by atoms with E-state index in [1.165, 1.54) is 7.11 Å². The summed E-state index contributed by atoms with van der Waals surface area (Å²) in [7, 11) is 1.42. The number of nitrogens with one attached hydrogen (secondary N) is 2. The van der Waals surface area contributed by atoms with Gasteiger partial charge >= 0.3 is 6.03 Å². The number of rotatable bonds is 10. The number of hydrogen-bond acceptors (Lipinski definition) is 10. The first-order chi connectivity index (χ1) is 25.0. The third kappa shape index (κ3) is 7.40. The number of carboxylic acid groups (broad SMARTS) is 1. The number of hydroxylamine groups is 1. The van der Waals surface area contributed by atoms with Crippen LogP contribution < -0.4 is 15.9 Å². The van der Waals surface area contributed by atoms with Crippen molar-refractivity contribution in [1.82, 2.24) is 25.1 Å². The maximum Gasteiger partial charge on any atom is 0.322 e. The van der Waals surface area contributed by atoms with Gasteiger partial charge in [-0.3, -0.25) is 23.9 Å². The third-order valence-corrected chi connectivity index (χ3v) is 12.1. The van der Waals surface area contributed by atoms with Gasteiger partial charge in [-0.05, 0) is 68.0 Å². The monoisotopic (exact) mass is 719 g/mol. The lowest BCUT2D eigenvalue weighted by Crippen LogP contribution is -2.81. The molecule has 0 aliphatic carbocycles. The first-order valence-electron chi connectivity index (χ1n) is 18.5. The van der Waals surface area contributed by atoms with E-state index in [1.807, 2.05) is 41.3 Å². The summed E-state index contributed by atoms with van der Waals surface area (Å²) in [6.07, 6.45) is 2.75. The number of phenols is 1. The molecule has 3 N–H and O–H groups in total. The van der Waals surface area contributed by atoms with Crippen LogP contribution in [0.5, 0.6) is 5.75 Å². The average Bonchev–Trinajstić information content (AvgIpc) is 3.30. The highest BCUT2D eigenvalue weighted by Crippen LogP contribution is 2.45. The maximum atomic E-state index is 13.8. The number of fused-ring (bicyclic) bond motifs is 1. The molecular formula is C38H53N7O7. The van der Waals surface area contributed by atoms with Crippen LogP contribution in [0.1, 0.15) is 54.4 Å². The van der Waals surface area contributed by atoms with E-state index in [-0.39, 0.29) is 49.8 Å². The maximum absolute atomic E-state index is 13.8. The van der Waals surface area contributed by atoms with Crippen LogP contribution in [-0.2, 0) is 27.4 Å². The van der Waals surface area contributed by atoms with E-state index in [1.54, 1.807) is 13.8 Å². The fourth-order valence-corrected chi connectivity index (χ4v) is 9.45. The number of carbonyl (C=O) groups is 4. The Balaban J connectivity index is 1.28. The SMILES string of the molecule is CONC(=O)CN1CCC(N2CCN(C3(CC=O)CC(N4CCc5ccccc5NC4=O)CC[N@+]3(Cc3cc(C)c(O)c(C)c3)C(=O)[O-])CC2)CC1. The zero-order valence-corrected chi connectivity index (χ0v) is 30.6. The van der Waals surface area contributed by atoms with Gasteiger partial charge in [-0.2, -0.15) is 0 Å². The van der Waals surface area contributed by atoms with Crippen LogP contribution in [0.25, 0.3) is 0 Å². The lowest BCUT2D eigenvalue weighted by Gasteiger charge is -2.62. The summed E-state index contributed by atoms with van der Waals surface area (Å²) >= 11 is 0. The summed E-state index contributed by atoms with van der Waals surface area (Å²) < 4.78 is -0.469. The number of para-hydroxylation sites is 1.